The third kappa shape index (κ3) is 3.46. The number of H-pyrrole nitrogens is 1. The number of hydrogen-bond acceptors (Lipinski definition) is 3. The number of aliphatic hydroxyl groups is 1. The average molecular weight is 388 g/mol. The van der Waals surface area contributed by atoms with Crippen LogP contribution in [0, 0.1) is 6.92 Å². The zero-order chi connectivity index (χ0) is 20.5. The predicted molar refractivity (Wildman–Crippen MR) is 112 cm³/mol. The third-order valence-corrected chi connectivity index (χ3v) is 4.97. The smallest absolute Gasteiger partial charge is 0.337 e. The number of anilines is 1. The Balaban J connectivity index is 1.88. The Morgan fingerprint density at radius 1 is 1.14 bits per heavy atom. The van der Waals surface area contributed by atoms with Crippen LogP contribution in [-0.2, 0) is 11.2 Å². The molecule has 4 N–H and O–H groups in total. The fraction of sp³-hybridized carbons (Fsp3) is 0.130. The molecule has 1 amide bonds. The molecule has 3 aromatic rings. The van der Waals surface area contributed by atoms with E-state index in [1.54, 1.807) is 19.1 Å². The van der Waals surface area contributed by atoms with Crippen LogP contribution >= 0.6 is 0 Å². The molecule has 0 spiro atoms. The number of rotatable bonds is 5. The van der Waals surface area contributed by atoms with Crippen molar-refractivity contribution in [3.63, 3.8) is 0 Å². The van der Waals surface area contributed by atoms with Gasteiger partial charge in [-0.15, -0.1) is 0 Å². The minimum absolute atomic E-state index is 0.0612. The largest absolute Gasteiger partial charge is 0.478 e. The maximum absolute atomic E-state index is 12.7. The molecule has 0 radical (unpaired) electrons. The molecule has 6 heteroatoms. The second-order valence-electron chi connectivity index (χ2n) is 7.00. The van der Waals surface area contributed by atoms with Gasteiger partial charge in [0.15, 0.2) is 0 Å². The number of carbonyl (C=O) groups is 2. The zero-order valence-electron chi connectivity index (χ0n) is 15.8. The van der Waals surface area contributed by atoms with Crippen LogP contribution in [0.15, 0.2) is 48.5 Å². The molecule has 0 saturated carbocycles. The molecule has 1 aliphatic heterocycles. The molecule has 2 heterocycles. The van der Waals surface area contributed by atoms with E-state index in [4.69, 9.17) is 0 Å². The van der Waals surface area contributed by atoms with Gasteiger partial charge in [-0.1, -0.05) is 36.4 Å². The summed E-state index contributed by atoms with van der Waals surface area (Å²) < 4.78 is 0. The van der Waals surface area contributed by atoms with Crippen molar-refractivity contribution in [3.05, 3.63) is 76.6 Å². The quantitative estimate of drug-likeness (QED) is 0.500. The average Bonchev–Trinajstić information content (AvgIpc) is 3.22. The number of aromatic carboxylic acids is 1. The highest BCUT2D eigenvalue weighted by atomic mass is 16.4. The highest BCUT2D eigenvalue weighted by Crippen LogP contribution is 2.40. The Hall–Kier alpha value is -3.64. The number of nitrogens with one attached hydrogen (secondary N) is 2. The molecule has 2 aromatic carbocycles. The lowest BCUT2D eigenvalue weighted by Gasteiger charge is -2.10. The number of aromatic nitrogens is 1. The van der Waals surface area contributed by atoms with Gasteiger partial charge in [-0.05, 0) is 48.2 Å². The maximum Gasteiger partial charge on any atom is 0.337 e. The summed E-state index contributed by atoms with van der Waals surface area (Å²) in [7, 11) is 0. The molecule has 29 heavy (non-hydrogen) atoms. The van der Waals surface area contributed by atoms with Crippen molar-refractivity contribution >= 4 is 29.2 Å². The van der Waals surface area contributed by atoms with Crippen LogP contribution < -0.4 is 5.32 Å². The van der Waals surface area contributed by atoms with E-state index >= 15 is 0 Å². The topological polar surface area (TPSA) is 102 Å². The Morgan fingerprint density at radius 3 is 2.69 bits per heavy atom. The molecule has 0 fully saturated rings. The van der Waals surface area contributed by atoms with Crippen LogP contribution in [0.25, 0.3) is 22.8 Å². The van der Waals surface area contributed by atoms with Gasteiger partial charge in [0.2, 0.25) is 0 Å². The molecule has 1 aliphatic rings. The fourth-order valence-electron chi connectivity index (χ4n) is 3.70. The summed E-state index contributed by atoms with van der Waals surface area (Å²) in [5.41, 5.74) is 5.84. The van der Waals surface area contributed by atoms with Crippen molar-refractivity contribution in [2.24, 2.45) is 0 Å². The minimum atomic E-state index is -1.05. The van der Waals surface area contributed by atoms with Crippen LogP contribution in [0.3, 0.4) is 0 Å². The summed E-state index contributed by atoms with van der Waals surface area (Å²) in [6, 6.07) is 15.0. The SMILES string of the molecule is Cc1cc(C(=O)O)c(/C=C2\C(=O)Nc3cccc(-c4cccc(CCO)c4)c32)[nH]1. The first-order chi connectivity index (χ1) is 14.0. The summed E-state index contributed by atoms with van der Waals surface area (Å²) >= 11 is 0. The molecule has 0 atom stereocenters. The summed E-state index contributed by atoms with van der Waals surface area (Å²) in [5, 5.41) is 21.6. The predicted octanol–water partition coefficient (Wildman–Crippen LogP) is 3.72. The number of hydrogen-bond donors (Lipinski definition) is 4. The van der Waals surface area contributed by atoms with E-state index in [0.29, 0.717) is 29.1 Å². The standard InChI is InChI=1S/C23H20N2O4/c1-13-10-17(23(28)29)20(24-13)12-18-21-16(6-3-7-19(21)25-22(18)27)15-5-2-4-14(11-15)8-9-26/h2-7,10-12,24,26H,8-9H2,1H3,(H,25,27)(H,28,29)/b18-12-. The number of carboxylic acids is 1. The van der Waals surface area contributed by atoms with E-state index in [-0.39, 0.29) is 18.1 Å². The molecular weight excluding hydrogens is 368 g/mol. The van der Waals surface area contributed by atoms with Crippen LogP contribution in [0.5, 0.6) is 0 Å². The number of amides is 1. The van der Waals surface area contributed by atoms with Gasteiger partial charge in [-0.2, -0.15) is 0 Å². The van der Waals surface area contributed by atoms with E-state index in [2.05, 4.69) is 10.3 Å². The van der Waals surface area contributed by atoms with Gasteiger partial charge in [0, 0.05) is 23.6 Å². The maximum atomic E-state index is 12.7. The molecule has 0 bridgehead atoms. The van der Waals surface area contributed by atoms with Gasteiger partial charge in [-0.25, -0.2) is 4.79 Å². The molecule has 4 rings (SSSR count). The van der Waals surface area contributed by atoms with E-state index in [1.807, 2.05) is 42.5 Å². The normalized spacial score (nSPS) is 14.1. The lowest BCUT2D eigenvalue weighted by atomic mass is 9.93. The molecule has 0 aliphatic carbocycles. The van der Waals surface area contributed by atoms with Gasteiger partial charge in [0.25, 0.3) is 5.91 Å². The van der Waals surface area contributed by atoms with Crippen LogP contribution in [0.4, 0.5) is 5.69 Å². The number of fused-ring (bicyclic) bond motifs is 1. The summed E-state index contributed by atoms with van der Waals surface area (Å²) in [6.45, 7) is 1.83. The first-order valence-corrected chi connectivity index (χ1v) is 9.27. The van der Waals surface area contributed by atoms with Crippen molar-refractivity contribution in [2.75, 3.05) is 11.9 Å². The van der Waals surface area contributed by atoms with Crippen LogP contribution in [0.1, 0.15) is 32.9 Å². The van der Waals surface area contributed by atoms with Crippen molar-refractivity contribution < 1.29 is 19.8 Å². The number of carboxylic acid groups (broad SMARTS) is 1. The number of benzene rings is 2. The monoisotopic (exact) mass is 388 g/mol. The van der Waals surface area contributed by atoms with Gasteiger partial charge in [0.1, 0.15) is 0 Å². The fourth-order valence-corrected chi connectivity index (χ4v) is 3.70. The Kier molecular flexibility index (Phi) is 4.78. The number of aromatic amines is 1. The Labute approximate surface area is 167 Å². The third-order valence-electron chi connectivity index (χ3n) is 4.97. The highest BCUT2D eigenvalue weighted by Gasteiger charge is 2.28. The number of carbonyl (C=O) groups excluding carboxylic acids is 1. The van der Waals surface area contributed by atoms with Gasteiger partial charge >= 0.3 is 5.97 Å². The lowest BCUT2D eigenvalue weighted by Crippen LogP contribution is -2.04. The zero-order valence-corrected chi connectivity index (χ0v) is 15.8. The Bertz CT molecular complexity index is 1160. The van der Waals surface area contributed by atoms with Crippen molar-refractivity contribution in [1.82, 2.24) is 4.98 Å². The summed E-state index contributed by atoms with van der Waals surface area (Å²) in [5.74, 6) is -1.33. The summed E-state index contributed by atoms with van der Waals surface area (Å²) in [6.07, 6.45) is 2.14. The van der Waals surface area contributed by atoms with Crippen molar-refractivity contribution in [1.29, 1.82) is 0 Å². The minimum Gasteiger partial charge on any atom is -0.478 e. The van der Waals surface area contributed by atoms with Gasteiger partial charge in [0.05, 0.1) is 16.8 Å². The molecule has 0 unspecified atom stereocenters. The van der Waals surface area contributed by atoms with Crippen molar-refractivity contribution in [2.45, 2.75) is 13.3 Å². The summed E-state index contributed by atoms with van der Waals surface area (Å²) in [4.78, 5) is 27.3. The molecule has 146 valence electrons. The highest BCUT2D eigenvalue weighted by molar-refractivity contribution is 6.36. The first kappa shape index (κ1) is 18.7. The second-order valence-corrected chi connectivity index (χ2v) is 7.00. The van der Waals surface area contributed by atoms with E-state index < -0.39 is 5.97 Å². The van der Waals surface area contributed by atoms with E-state index in [9.17, 15) is 19.8 Å². The van der Waals surface area contributed by atoms with E-state index in [0.717, 1.165) is 22.3 Å². The van der Waals surface area contributed by atoms with Gasteiger partial charge < -0.3 is 20.5 Å². The molecular formula is C23H20N2O4. The lowest BCUT2D eigenvalue weighted by molar-refractivity contribution is -0.110. The van der Waals surface area contributed by atoms with Crippen LogP contribution in [-0.4, -0.2) is 33.7 Å². The van der Waals surface area contributed by atoms with Crippen LogP contribution in [0.2, 0.25) is 0 Å². The molecule has 0 saturated heterocycles. The molecule has 6 nitrogen and oxygen atoms in total. The first-order valence-electron chi connectivity index (χ1n) is 9.27. The van der Waals surface area contributed by atoms with E-state index in [1.165, 1.54) is 0 Å². The van der Waals surface area contributed by atoms with Gasteiger partial charge in [-0.3, -0.25) is 4.79 Å². The molecule has 1 aromatic heterocycles. The van der Waals surface area contributed by atoms with Crippen molar-refractivity contribution in [3.8, 4) is 11.1 Å². The number of aryl methyl sites for hydroxylation is 1. The number of aliphatic hydroxyl groups excluding tert-OH is 1. The second kappa shape index (κ2) is 7.41. The Morgan fingerprint density at radius 2 is 1.93 bits per heavy atom.